The first-order valence-electron chi connectivity index (χ1n) is 8.43. The third-order valence-electron chi connectivity index (χ3n) is 5.05. The number of nitrogens with zero attached hydrogens (tertiary/aromatic N) is 1. The van der Waals surface area contributed by atoms with Gasteiger partial charge < -0.3 is 10.0 Å². The Hall–Kier alpha value is -1.78. The Morgan fingerprint density at radius 3 is 1.96 bits per heavy atom. The Labute approximate surface area is 146 Å². The number of rotatable bonds is 1. The lowest BCUT2D eigenvalue weighted by molar-refractivity contribution is -0.153. The van der Waals surface area contributed by atoms with Crippen LogP contribution in [0.3, 0.4) is 0 Å². The van der Waals surface area contributed by atoms with Crippen molar-refractivity contribution in [2.24, 2.45) is 0 Å². The van der Waals surface area contributed by atoms with Gasteiger partial charge in [0.1, 0.15) is 5.60 Å². The van der Waals surface area contributed by atoms with Crippen molar-refractivity contribution < 1.29 is 9.90 Å². The fourth-order valence-corrected chi connectivity index (χ4v) is 4.84. The maximum atomic E-state index is 13.1. The molecule has 2 heterocycles. The normalized spacial score (nSPS) is 19.1. The van der Waals surface area contributed by atoms with E-state index in [2.05, 4.69) is 24.3 Å². The zero-order chi connectivity index (χ0) is 16.6. The number of carbonyl (C=O) groups excluding carboxylic acids is 1. The summed E-state index contributed by atoms with van der Waals surface area (Å²) in [4.78, 5) is 14.9. The van der Waals surface area contributed by atoms with Crippen LogP contribution in [0.4, 0.5) is 0 Å². The number of thioether (sulfide) groups is 1. The van der Waals surface area contributed by atoms with Crippen LogP contribution in [0.15, 0.2) is 48.5 Å². The van der Waals surface area contributed by atoms with Crippen molar-refractivity contribution in [3.05, 3.63) is 59.7 Å². The summed E-state index contributed by atoms with van der Waals surface area (Å²) in [7, 11) is 0. The Morgan fingerprint density at radius 1 is 0.917 bits per heavy atom. The summed E-state index contributed by atoms with van der Waals surface area (Å²) in [6.45, 7) is 1.11. The molecule has 0 unspecified atom stereocenters. The molecule has 0 atom stereocenters. The molecule has 4 heteroatoms. The fourth-order valence-electron chi connectivity index (χ4n) is 3.67. The molecule has 24 heavy (non-hydrogen) atoms. The summed E-state index contributed by atoms with van der Waals surface area (Å²) in [5, 5.41) is 10.9. The van der Waals surface area contributed by atoms with Gasteiger partial charge in [-0.1, -0.05) is 48.5 Å². The van der Waals surface area contributed by atoms with Crippen LogP contribution in [0.5, 0.6) is 0 Å². The smallest absolute Gasteiger partial charge is 0.255 e. The van der Waals surface area contributed by atoms with Gasteiger partial charge in [-0.3, -0.25) is 4.79 Å². The Morgan fingerprint density at radius 2 is 1.42 bits per heavy atom. The molecule has 1 fully saturated rings. The minimum Gasteiger partial charge on any atom is -0.380 e. The summed E-state index contributed by atoms with van der Waals surface area (Å²) in [6.07, 6.45) is 1.10. The van der Waals surface area contributed by atoms with E-state index in [-0.39, 0.29) is 5.91 Å². The van der Waals surface area contributed by atoms with Crippen LogP contribution in [0.2, 0.25) is 0 Å². The molecule has 2 aliphatic rings. The zero-order valence-corrected chi connectivity index (χ0v) is 14.4. The second-order valence-corrected chi connectivity index (χ2v) is 7.84. The maximum absolute atomic E-state index is 13.1. The van der Waals surface area contributed by atoms with Crippen molar-refractivity contribution in [3.63, 3.8) is 0 Å². The summed E-state index contributed by atoms with van der Waals surface area (Å²) >= 11 is 1.81. The molecule has 1 N–H and O–H groups in total. The van der Waals surface area contributed by atoms with E-state index in [9.17, 15) is 9.90 Å². The second kappa shape index (κ2) is 6.26. The molecular weight excluding hydrogens is 318 g/mol. The molecule has 0 aromatic heterocycles. The van der Waals surface area contributed by atoms with Crippen LogP contribution in [0.25, 0.3) is 11.1 Å². The third-order valence-corrected chi connectivity index (χ3v) is 6.04. The lowest BCUT2D eigenvalue weighted by Crippen LogP contribution is -2.50. The predicted octanol–water partition coefficient (Wildman–Crippen LogP) is 3.45. The third kappa shape index (κ3) is 2.74. The van der Waals surface area contributed by atoms with Crippen LogP contribution in [0, 0.1) is 0 Å². The van der Waals surface area contributed by atoms with E-state index >= 15 is 0 Å². The van der Waals surface area contributed by atoms with Gasteiger partial charge in [-0.25, -0.2) is 0 Å². The van der Waals surface area contributed by atoms with E-state index < -0.39 is 5.60 Å². The van der Waals surface area contributed by atoms with Gasteiger partial charge >= 0.3 is 0 Å². The van der Waals surface area contributed by atoms with E-state index in [0.29, 0.717) is 25.9 Å². The molecule has 124 valence electrons. The van der Waals surface area contributed by atoms with Crippen molar-refractivity contribution in [1.29, 1.82) is 0 Å². The standard InChI is InChI=1S/C20H21NO2S/c22-19(20(23)9-11-24-12-10-20)21-13-15-5-1-3-7-17(15)18-8-4-2-6-16(18)14-21/h1-8,23H,9-14H2. The second-order valence-electron chi connectivity index (χ2n) is 6.62. The molecule has 2 aromatic carbocycles. The number of amides is 1. The average molecular weight is 339 g/mol. The van der Waals surface area contributed by atoms with Gasteiger partial charge in [0.15, 0.2) is 0 Å². The maximum Gasteiger partial charge on any atom is 0.255 e. The van der Waals surface area contributed by atoms with Gasteiger partial charge in [-0.2, -0.15) is 11.8 Å². The van der Waals surface area contributed by atoms with Crippen LogP contribution < -0.4 is 0 Å². The molecule has 2 aromatic rings. The molecule has 4 rings (SSSR count). The van der Waals surface area contributed by atoms with E-state index in [1.165, 1.54) is 11.1 Å². The van der Waals surface area contributed by atoms with Gasteiger partial charge in [0.2, 0.25) is 0 Å². The monoisotopic (exact) mass is 339 g/mol. The topological polar surface area (TPSA) is 40.5 Å². The molecule has 0 spiro atoms. The van der Waals surface area contributed by atoms with Gasteiger partial charge in [0.05, 0.1) is 0 Å². The van der Waals surface area contributed by atoms with Crippen molar-refractivity contribution in [3.8, 4) is 11.1 Å². The van der Waals surface area contributed by atoms with Crippen molar-refractivity contribution in [1.82, 2.24) is 4.90 Å². The molecule has 1 amide bonds. The number of fused-ring (bicyclic) bond motifs is 3. The van der Waals surface area contributed by atoms with Gasteiger partial charge in [0, 0.05) is 13.1 Å². The van der Waals surface area contributed by atoms with Crippen molar-refractivity contribution in [2.45, 2.75) is 31.5 Å². The minimum atomic E-state index is -1.19. The number of benzene rings is 2. The minimum absolute atomic E-state index is 0.116. The highest BCUT2D eigenvalue weighted by Gasteiger charge is 2.41. The van der Waals surface area contributed by atoms with E-state index in [0.717, 1.165) is 22.6 Å². The zero-order valence-electron chi connectivity index (χ0n) is 13.6. The highest BCUT2D eigenvalue weighted by atomic mass is 32.2. The van der Waals surface area contributed by atoms with E-state index in [1.54, 1.807) is 0 Å². The Kier molecular flexibility index (Phi) is 4.10. The molecule has 0 bridgehead atoms. The molecule has 2 aliphatic heterocycles. The molecule has 3 nitrogen and oxygen atoms in total. The van der Waals surface area contributed by atoms with Crippen LogP contribution in [-0.4, -0.2) is 33.0 Å². The van der Waals surface area contributed by atoms with Crippen LogP contribution in [-0.2, 0) is 17.9 Å². The number of aliphatic hydroxyl groups is 1. The lowest BCUT2D eigenvalue weighted by Gasteiger charge is -2.35. The molecular formula is C20H21NO2S. The highest BCUT2D eigenvalue weighted by Crippen LogP contribution is 2.35. The lowest BCUT2D eigenvalue weighted by atomic mass is 9.94. The molecule has 1 saturated heterocycles. The largest absolute Gasteiger partial charge is 0.380 e. The first-order chi connectivity index (χ1) is 11.7. The summed E-state index contributed by atoms with van der Waals surface area (Å²) < 4.78 is 0. The molecule has 0 saturated carbocycles. The van der Waals surface area contributed by atoms with Gasteiger partial charge in [-0.05, 0) is 46.6 Å². The quantitative estimate of drug-likeness (QED) is 0.865. The Bertz CT molecular complexity index is 720. The number of hydrogen-bond donors (Lipinski definition) is 1. The fraction of sp³-hybridized carbons (Fsp3) is 0.350. The van der Waals surface area contributed by atoms with Gasteiger partial charge in [-0.15, -0.1) is 0 Å². The summed E-state index contributed by atoms with van der Waals surface area (Å²) in [5.41, 5.74) is 3.47. The average Bonchev–Trinajstić information content (AvgIpc) is 2.78. The van der Waals surface area contributed by atoms with E-state index in [4.69, 9.17) is 0 Å². The molecule has 0 aliphatic carbocycles. The number of carbonyl (C=O) groups is 1. The van der Waals surface area contributed by atoms with E-state index in [1.807, 2.05) is 40.9 Å². The first kappa shape index (κ1) is 15.7. The summed E-state index contributed by atoms with van der Waals surface area (Å²) in [5.74, 6) is 1.58. The first-order valence-corrected chi connectivity index (χ1v) is 9.58. The highest BCUT2D eigenvalue weighted by molar-refractivity contribution is 7.99. The Balaban J connectivity index is 1.73. The predicted molar refractivity (Wildman–Crippen MR) is 97.6 cm³/mol. The van der Waals surface area contributed by atoms with Gasteiger partial charge in [0.25, 0.3) is 5.91 Å². The van der Waals surface area contributed by atoms with Crippen LogP contribution >= 0.6 is 11.8 Å². The molecule has 0 radical (unpaired) electrons. The van der Waals surface area contributed by atoms with Crippen LogP contribution in [0.1, 0.15) is 24.0 Å². The van der Waals surface area contributed by atoms with Crippen molar-refractivity contribution >= 4 is 17.7 Å². The summed E-state index contributed by atoms with van der Waals surface area (Å²) in [6, 6.07) is 16.5. The number of hydrogen-bond acceptors (Lipinski definition) is 3. The SMILES string of the molecule is O=C(N1Cc2ccccc2-c2ccccc2C1)C1(O)CCSCC1. The van der Waals surface area contributed by atoms with Crippen molar-refractivity contribution in [2.75, 3.05) is 11.5 Å².